The molecule has 0 saturated heterocycles. The Kier molecular flexibility index (Phi) is 6.52. The number of hydrogen-bond acceptors (Lipinski definition) is 1. The second-order valence-corrected chi connectivity index (χ2v) is 13.9. The molecule has 0 heterocycles. The summed E-state index contributed by atoms with van der Waals surface area (Å²) in [5, 5.41) is 4.55. The summed E-state index contributed by atoms with van der Waals surface area (Å²) in [5.74, 6) is 3.06. The van der Waals surface area contributed by atoms with Crippen LogP contribution in [0.4, 0.5) is 13.2 Å². The van der Waals surface area contributed by atoms with Crippen molar-refractivity contribution in [3.63, 3.8) is 0 Å². The highest BCUT2D eigenvalue weighted by Gasteiger charge is 2.30. The van der Waals surface area contributed by atoms with E-state index in [1.54, 1.807) is 12.1 Å². The smallest absolute Gasteiger partial charge is 0.350 e. The van der Waals surface area contributed by atoms with Crippen LogP contribution in [-0.4, -0.2) is 20.0 Å². The fourth-order valence-electron chi connectivity index (χ4n) is 3.27. The van der Waals surface area contributed by atoms with Crippen LogP contribution in [0.5, 0.6) is 0 Å². The van der Waals surface area contributed by atoms with Crippen molar-refractivity contribution >= 4 is 24.8 Å². The average molecular weight is 454 g/mol. The van der Waals surface area contributed by atoms with Crippen LogP contribution >= 0.6 is 0 Å². The average Bonchev–Trinajstić information content (AvgIpc) is 2.69. The van der Waals surface area contributed by atoms with Gasteiger partial charge in [0, 0.05) is 17.2 Å². The third-order valence-corrected chi connectivity index (χ3v) is 5.61. The minimum absolute atomic E-state index is 0.00912. The zero-order chi connectivity index (χ0) is 23.7. The van der Waals surface area contributed by atoms with E-state index in [0.717, 1.165) is 34.0 Å². The van der Waals surface area contributed by atoms with Gasteiger partial charge in [0.05, 0.1) is 5.56 Å². The predicted octanol–water partition coefficient (Wildman–Crippen LogP) is 6.89. The Balaban J connectivity index is 2.18. The summed E-state index contributed by atoms with van der Waals surface area (Å²) >= 11 is 0. The van der Waals surface area contributed by atoms with Crippen LogP contribution in [0.3, 0.4) is 0 Å². The van der Waals surface area contributed by atoms with E-state index in [0.29, 0.717) is 11.1 Å². The molecule has 0 aliphatic carbocycles. The summed E-state index contributed by atoms with van der Waals surface area (Å²) in [4.78, 5) is 12.5. The number of rotatable bonds is 3. The van der Waals surface area contributed by atoms with Gasteiger partial charge in [-0.05, 0) is 72.1 Å². The third kappa shape index (κ3) is 5.80. The topological polar surface area (TPSA) is 29.1 Å². The van der Waals surface area contributed by atoms with E-state index in [9.17, 15) is 18.0 Å². The number of hydrogen-bond donors (Lipinski definition) is 1. The molecule has 0 aromatic heterocycles. The lowest BCUT2D eigenvalue weighted by molar-refractivity contribution is -0.137. The van der Waals surface area contributed by atoms with Crippen molar-refractivity contribution in [1.29, 1.82) is 0 Å². The lowest BCUT2D eigenvalue weighted by Crippen LogP contribution is -2.29. The molecule has 0 bridgehead atoms. The van der Waals surface area contributed by atoms with Crippen molar-refractivity contribution in [3.8, 4) is 22.6 Å². The van der Waals surface area contributed by atoms with Crippen molar-refractivity contribution in [1.82, 2.24) is 5.32 Å². The molecule has 3 aromatic rings. The molecule has 0 unspecified atom stereocenters. The number of amides is 1. The summed E-state index contributed by atoms with van der Waals surface area (Å²) in [5.41, 5.74) is 5.40. The van der Waals surface area contributed by atoms with Crippen molar-refractivity contribution in [2.45, 2.75) is 45.7 Å². The van der Waals surface area contributed by atoms with Gasteiger partial charge in [0.25, 0.3) is 5.91 Å². The van der Waals surface area contributed by atoms with Crippen LogP contribution < -0.4 is 5.32 Å². The second-order valence-electron chi connectivity index (χ2n) is 9.16. The molecule has 0 saturated carbocycles. The van der Waals surface area contributed by atoms with Crippen molar-refractivity contribution in [2.24, 2.45) is 0 Å². The number of alkyl halides is 3. The number of halogens is 3. The fraction of sp³-hybridized carbons (Fsp3) is 0.269. The highest BCUT2D eigenvalue weighted by molar-refractivity contribution is 6.83. The first-order valence-electron chi connectivity index (χ1n) is 10.4. The molecule has 1 N–H and O–H groups in total. The minimum atomic E-state index is -4.38. The van der Waals surface area contributed by atoms with Gasteiger partial charge in [-0.25, -0.2) is 0 Å². The molecule has 6 heteroatoms. The van der Waals surface area contributed by atoms with E-state index in [1.165, 1.54) is 12.1 Å². The molecule has 0 radical (unpaired) electrons. The van der Waals surface area contributed by atoms with Crippen LogP contribution in [0.25, 0.3) is 21.9 Å². The number of carbonyl (C=O) groups excluding carboxylic acids is 1. The molecule has 0 atom stereocenters. The Labute approximate surface area is 187 Å². The van der Waals surface area contributed by atoms with Gasteiger partial charge in [0.1, 0.15) is 8.07 Å². The van der Waals surface area contributed by atoms with Gasteiger partial charge in [-0.2, -0.15) is 13.2 Å². The Morgan fingerprint density at radius 3 is 2.19 bits per heavy atom. The highest BCUT2D eigenvalue weighted by atomic mass is 28.3. The van der Waals surface area contributed by atoms with E-state index in [1.807, 2.05) is 32.0 Å². The monoisotopic (exact) mass is 453 g/mol. The number of benzene rings is 3. The van der Waals surface area contributed by atoms with E-state index < -0.39 is 19.8 Å². The third-order valence-electron chi connectivity index (χ3n) is 4.74. The van der Waals surface area contributed by atoms with Crippen molar-refractivity contribution in [3.05, 3.63) is 71.3 Å². The minimum Gasteiger partial charge on any atom is -0.350 e. The molecule has 2 nitrogen and oxygen atoms in total. The first kappa shape index (κ1) is 23.6. The van der Waals surface area contributed by atoms with Gasteiger partial charge in [-0.1, -0.05) is 43.8 Å². The zero-order valence-corrected chi connectivity index (χ0v) is 19.8. The lowest BCUT2D eigenvalue weighted by atomic mass is 9.94. The molecule has 0 spiro atoms. The Morgan fingerprint density at radius 1 is 0.969 bits per heavy atom. The molecule has 32 heavy (non-hydrogen) atoms. The SMILES string of the molecule is CC(C)NC(=O)c1ccc2c(-c3ccc(C(F)(F)F)cc3)cc(C#C[Si](C)(C)C)cc2c1. The molecule has 1 amide bonds. The number of carbonyl (C=O) groups is 1. The summed E-state index contributed by atoms with van der Waals surface area (Å²) in [7, 11) is -1.63. The molecule has 0 fully saturated rings. The van der Waals surface area contributed by atoms with Crippen LogP contribution in [0.15, 0.2) is 54.6 Å². The lowest BCUT2D eigenvalue weighted by Gasteiger charge is -2.13. The Hall–Kier alpha value is -3.04. The maximum atomic E-state index is 13.0. The van der Waals surface area contributed by atoms with Crippen LogP contribution in [0.1, 0.15) is 35.3 Å². The Morgan fingerprint density at radius 2 is 1.62 bits per heavy atom. The molecule has 0 aliphatic heterocycles. The largest absolute Gasteiger partial charge is 0.416 e. The zero-order valence-electron chi connectivity index (χ0n) is 18.8. The summed E-state index contributed by atoms with van der Waals surface area (Å²) in [6.07, 6.45) is -4.38. The quantitative estimate of drug-likeness (QED) is 0.339. The van der Waals surface area contributed by atoms with Gasteiger partial charge in [0.2, 0.25) is 0 Å². The summed E-state index contributed by atoms with van der Waals surface area (Å²) < 4.78 is 39.0. The summed E-state index contributed by atoms with van der Waals surface area (Å²) in [6, 6.07) is 14.4. The molecule has 3 aromatic carbocycles. The van der Waals surface area contributed by atoms with Gasteiger partial charge in [0.15, 0.2) is 0 Å². The standard InChI is InChI=1S/C26H26F3NOSi/c1-17(2)30-25(31)20-8-11-23-21(16-20)14-18(12-13-32(3,4)5)15-24(23)19-6-9-22(10-7-19)26(27,28)29/h6-11,14-17H,1-5H3,(H,30,31). The maximum absolute atomic E-state index is 13.0. The number of nitrogens with one attached hydrogen (secondary N) is 1. The second kappa shape index (κ2) is 8.83. The van der Waals surface area contributed by atoms with Gasteiger partial charge < -0.3 is 5.32 Å². The maximum Gasteiger partial charge on any atom is 0.416 e. The van der Waals surface area contributed by atoms with E-state index >= 15 is 0 Å². The fourth-order valence-corrected chi connectivity index (χ4v) is 3.79. The first-order chi connectivity index (χ1) is 14.8. The van der Waals surface area contributed by atoms with Crippen LogP contribution in [0.2, 0.25) is 19.6 Å². The van der Waals surface area contributed by atoms with Gasteiger partial charge >= 0.3 is 6.18 Å². The molecular formula is C26H26F3NOSi. The number of fused-ring (bicyclic) bond motifs is 1. The van der Waals surface area contributed by atoms with Gasteiger partial charge in [-0.3, -0.25) is 4.79 Å². The van der Waals surface area contributed by atoms with Crippen LogP contribution in [-0.2, 0) is 6.18 Å². The first-order valence-corrected chi connectivity index (χ1v) is 13.9. The molecule has 3 rings (SSSR count). The highest BCUT2D eigenvalue weighted by Crippen LogP contribution is 2.34. The van der Waals surface area contributed by atoms with Crippen molar-refractivity contribution in [2.75, 3.05) is 0 Å². The molecular weight excluding hydrogens is 427 g/mol. The Bertz CT molecular complexity index is 1210. The van der Waals surface area contributed by atoms with E-state index in [-0.39, 0.29) is 11.9 Å². The summed E-state index contributed by atoms with van der Waals surface area (Å²) in [6.45, 7) is 10.2. The molecule has 166 valence electrons. The molecule has 0 aliphatic rings. The van der Waals surface area contributed by atoms with E-state index in [4.69, 9.17) is 0 Å². The van der Waals surface area contributed by atoms with Crippen molar-refractivity contribution < 1.29 is 18.0 Å². The van der Waals surface area contributed by atoms with E-state index in [2.05, 4.69) is 36.4 Å². The van der Waals surface area contributed by atoms with Crippen LogP contribution in [0, 0.1) is 11.5 Å². The normalized spacial score (nSPS) is 11.9. The predicted molar refractivity (Wildman–Crippen MR) is 127 cm³/mol. The van der Waals surface area contributed by atoms with Gasteiger partial charge in [-0.15, -0.1) is 5.54 Å².